The normalized spacial score (nSPS) is 21.0. The third kappa shape index (κ3) is 4.51. The fourth-order valence-electron chi connectivity index (χ4n) is 3.49. The number of rotatable bonds is 4. The molecule has 2 atom stereocenters. The fourth-order valence-corrected chi connectivity index (χ4v) is 5.35. The first kappa shape index (κ1) is 19.9. The zero-order valence-electron chi connectivity index (χ0n) is 15.4. The predicted octanol–water partition coefficient (Wildman–Crippen LogP) is 4.26. The Bertz CT molecular complexity index is 918. The van der Waals surface area contributed by atoms with E-state index in [2.05, 4.69) is 19.2 Å². The average Bonchev–Trinajstić information content (AvgIpc) is 2.63. The molecule has 27 heavy (non-hydrogen) atoms. The van der Waals surface area contributed by atoms with E-state index in [-0.39, 0.29) is 10.8 Å². The molecule has 0 spiro atoms. The van der Waals surface area contributed by atoms with Crippen LogP contribution in [0.5, 0.6) is 0 Å². The summed E-state index contributed by atoms with van der Waals surface area (Å²) in [6.45, 7) is 5.20. The SMILES string of the molecule is C[C@@H]1C[C@H](C)CN(S(=O)(=O)c2ccc(C(=O)Nc3ccccc3Cl)cc2)C1. The highest BCUT2D eigenvalue weighted by Gasteiger charge is 2.31. The second-order valence-electron chi connectivity index (χ2n) is 7.23. The van der Waals surface area contributed by atoms with Crippen LogP contribution < -0.4 is 5.32 Å². The van der Waals surface area contributed by atoms with E-state index < -0.39 is 10.0 Å². The summed E-state index contributed by atoms with van der Waals surface area (Å²) in [6, 6.07) is 13.0. The van der Waals surface area contributed by atoms with E-state index in [0.29, 0.717) is 41.2 Å². The average molecular weight is 407 g/mol. The number of halogens is 1. The van der Waals surface area contributed by atoms with Crippen LogP contribution in [0.3, 0.4) is 0 Å². The Morgan fingerprint density at radius 3 is 2.22 bits per heavy atom. The van der Waals surface area contributed by atoms with E-state index >= 15 is 0 Å². The maximum absolute atomic E-state index is 12.9. The standard InChI is InChI=1S/C20H23ClN2O3S/c1-14-11-15(2)13-23(12-14)27(25,26)17-9-7-16(8-10-17)20(24)22-19-6-4-3-5-18(19)21/h3-10,14-15H,11-13H2,1-2H3,(H,22,24)/t14-,15+. The third-order valence-corrected chi connectivity index (χ3v) is 6.89. The highest BCUT2D eigenvalue weighted by atomic mass is 35.5. The quantitative estimate of drug-likeness (QED) is 0.824. The van der Waals surface area contributed by atoms with Gasteiger partial charge in [-0.3, -0.25) is 4.79 Å². The van der Waals surface area contributed by atoms with Crippen molar-refractivity contribution in [2.75, 3.05) is 18.4 Å². The molecule has 5 nitrogen and oxygen atoms in total. The second kappa shape index (κ2) is 8.00. The number of nitrogens with zero attached hydrogens (tertiary/aromatic N) is 1. The Hall–Kier alpha value is -1.89. The third-order valence-electron chi connectivity index (χ3n) is 4.71. The summed E-state index contributed by atoms with van der Waals surface area (Å²) in [5.41, 5.74) is 0.881. The number of nitrogens with one attached hydrogen (secondary N) is 1. The Morgan fingerprint density at radius 2 is 1.63 bits per heavy atom. The summed E-state index contributed by atoms with van der Waals surface area (Å²) >= 11 is 6.05. The van der Waals surface area contributed by atoms with Crippen molar-refractivity contribution in [3.8, 4) is 0 Å². The monoisotopic (exact) mass is 406 g/mol. The molecule has 1 N–H and O–H groups in total. The number of carbonyl (C=O) groups excluding carboxylic acids is 1. The predicted molar refractivity (Wildman–Crippen MR) is 108 cm³/mol. The van der Waals surface area contributed by atoms with E-state index in [9.17, 15) is 13.2 Å². The van der Waals surface area contributed by atoms with Crippen molar-refractivity contribution in [1.82, 2.24) is 4.31 Å². The van der Waals surface area contributed by atoms with Gasteiger partial charge in [0.15, 0.2) is 0 Å². The van der Waals surface area contributed by atoms with E-state index in [1.54, 1.807) is 28.6 Å². The van der Waals surface area contributed by atoms with Crippen LogP contribution in [0.4, 0.5) is 5.69 Å². The highest BCUT2D eigenvalue weighted by molar-refractivity contribution is 7.89. The Labute approximate surface area is 165 Å². The highest BCUT2D eigenvalue weighted by Crippen LogP contribution is 2.27. The minimum absolute atomic E-state index is 0.207. The number of benzene rings is 2. The number of piperidine rings is 1. The summed E-state index contributed by atoms with van der Waals surface area (Å²) in [7, 11) is -3.56. The molecule has 1 heterocycles. The molecule has 0 unspecified atom stereocenters. The molecule has 144 valence electrons. The van der Waals surface area contributed by atoms with E-state index in [1.807, 2.05) is 0 Å². The lowest BCUT2D eigenvalue weighted by atomic mass is 9.94. The summed E-state index contributed by atoms with van der Waals surface area (Å²) in [4.78, 5) is 12.6. The van der Waals surface area contributed by atoms with Gasteiger partial charge in [-0.1, -0.05) is 37.6 Å². The Kier molecular flexibility index (Phi) is 5.89. The first-order valence-electron chi connectivity index (χ1n) is 8.93. The number of hydrogen-bond donors (Lipinski definition) is 1. The lowest BCUT2D eigenvalue weighted by Crippen LogP contribution is -2.42. The molecule has 7 heteroatoms. The van der Waals surface area contributed by atoms with Crippen LogP contribution in [0, 0.1) is 11.8 Å². The van der Waals surface area contributed by atoms with E-state index in [1.165, 1.54) is 24.3 Å². The van der Waals surface area contributed by atoms with Gasteiger partial charge in [0.2, 0.25) is 10.0 Å². The van der Waals surface area contributed by atoms with Crippen LogP contribution >= 0.6 is 11.6 Å². The van der Waals surface area contributed by atoms with Crippen molar-refractivity contribution >= 4 is 33.2 Å². The molecule has 3 rings (SSSR count). The lowest BCUT2D eigenvalue weighted by Gasteiger charge is -2.34. The second-order valence-corrected chi connectivity index (χ2v) is 9.57. The topological polar surface area (TPSA) is 66.5 Å². The molecule has 0 aliphatic carbocycles. The molecule has 0 saturated carbocycles. The molecule has 2 aromatic rings. The Balaban J connectivity index is 1.76. The molecule has 1 aliphatic rings. The molecule has 1 fully saturated rings. The van der Waals surface area contributed by atoms with Gasteiger partial charge < -0.3 is 5.32 Å². The fraction of sp³-hybridized carbons (Fsp3) is 0.350. The molecule has 1 amide bonds. The van der Waals surface area contributed by atoms with Gasteiger partial charge in [0, 0.05) is 18.7 Å². The van der Waals surface area contributed by atoms with Gasteiger partial charge >= 0.3 is 0 Å². The lowest BCUT2D eigenvalue weighted by molar-refractivity contribution is 0.102. The molecule has 1 saturated heterocycles. The van der Waals surface area contributed by atoms with E-state index in [4.69, 9.17) is 11.6 Å². The van der Waals surface area contributed by atoms with Crippen LogP contribution in [0.2, 0.25) is 5.02 Å². The van der Waals surface area contributed by atoms with Crippen LogP contribution in [0.25, 0.3) is 0 Å². The van der Waals surface area contributed by atoms with Crippen molar-refractivity contribution in [3.63, 3.8) is 0 Å². The molecule has 0 aromatic heterocycles. The van der Waals surface area contributed by atoms with Crippen LogP contribution in [-0.2, 0) is 10.0 Å². The first-order chi connectivity index (χ1) is 12.8. The molecule has 2 aromatic carbocycles. The minimum Gasteiger partial charge on any atom is -0.321 e. The van der Waals surface area contributed by atoms with Gasteiger partial charge in [-0.05, 0) is 54.7 Å². The van der Waals surface area contributed by atoms with Crippen LogP contribution in [0.15, 0.2) is 53.4 Å². The number of anilines is 1. The summed E-state index contributed by atoms with van der Waals surface area (Å²) < 4.78 is 27.4. The van der Waals surface area contributed by atoms with Crippen molar-refractivity contribution in [2.24, 2.45) is 11.8 Å². The van der Waals surface area contributed by atoms with Gasteiger partial charge in [-0.2, -0.15) is 4.31 Å². The number of amides is 1. The van der Waals surface area contributed by atoms with E-state index in [0.717, 1.165) is 6.42 Å². The molecular formula is C20H23ClN2O3S. The molecule has 0 radical (unpaired) electrons. The Morgan fingerprint density at radius 1 is 1.04 bits per heavy atom. The van der Waals surface area contributed by atoms with Crippen LogP contribution in [-0.4, -0.2) is 31.7 Å². The maximum atomic E-state index is 12.9. The maximum Gasteiger partial charge on any atom is 0.255 e. The van der Waals surface area contributed by atoms with Gasteiger partial charge in [0.05, 0.1) is 15.6 Å². The van der Waals surface area contributed by atoms with Crippen molar-refractivity contribution in [1.29, 1.82) is 0 Å². The molecule has 0 bridgehead atoms. The smallest absolute Gasteiger partial charge is 0.255 e. The summed E-state index contributed by atoms with van der Waals surface area (Å²) in [6.07, 6.45) is 1.03. The van der Waals surface area contributed by atoms with Gasteiger partial charge in [0.1, 0.15) is 0 Å². The summed E-state index contributed by atoms with van der Waals surface area (Å²) in [5.74, 6) is 0.334. The van der Waals surface area contributed by atoms with Gasteiger partial charge in [-0.25, -0.2) is 8.42 Å². The van der Waals surface area contributed by atoms with Crippen LogP contribution in [0.1, 0.15) is 30.6 Å². The summed E-state index contributed by atoms with van der Waals surface area (Å²) in [5, 5.41) is 3.17. The molecule has 1 aliphatic heterocycles. The zero-order valence-corrected chi connectivity index (χ0v) is 16.9. The number of carbonyl (C=O) groups is 1. The number of sulfonamides is 1. The van der Waals surface area contributed by atoms with Gasteiger partial charge in [0.25, 0.3) is 5.91 Å². The first-order valence-corrected chi connectivity index (χ1v) is 10.8. The number of hydrogen-bond acceptors (Lipinski definition) is 3. The number of para-hydroxylation sites is 1. The van der Waals surface area contributed by atoms with Crippen molar-refractivity contribution in [3.05, 3.63) is 59.1 Å². The largest absolute Gasteiger partial charge is 0.321 e. The minimum atomic E-state index is -3.56. The van der Waals surface area contributed by atoms with Crippen molar-refractivity contribution < 1.29 is 13.2 Å². The molecular weight excluding hydrogens is 384 g/mol. The van der Waals surface area contributed by atoms with Gasteiger partial charge in [-0.15, -0.1) is 0 Å². The van der Waals surface area contributed by atoms with Crippen molar-refractivity contribution in [2.45, 2.75) is 25.2 Å². The zero-order chi connectivity index (χ0) is 19.6.